The molecule has 1 aromatic heterocycles. The third-order valence-corrected chi connectivity index (χ3v) is 4.38. The van der Waals surface area contributed by atoms with Crippen LogP contribution in [0.2, 0.25) is 0 Å². The minimum Gasteiger partial charge on any atom is -0.493 e. The van der Waals surface area contributed by atoms with E-state index in [-0.39, 0.29) is 0 Å². The number of para-hydroxylation sites is 1. The number of hydrogen-bond donors (Lipinski definition) is 0. The molecule has 3 rings (SSSR count). The monoisotopic (exact) mass is 308 g/mol. The molecule has 0 bridgehead atoms. The van der Waals surface area contributed by atoms with E-state index < -0.39 is 0 Å². The first-order chi connectivity index (χ1) is 11.1. The fourth-order valence-corrected chi connectivity index (χ4v) is 2.78. The Morgan fingerprint density at radius 1 is 0.957 bits per heavy atom. The Hall–Kier alpha value is -2.29. The molecule has 0 saturated heterocycles. The minimum absolute atomic E-state index is 0.760. The predicted octanol–water partition coefficient (Wildman–Crippen LogP) is 4.82. The largest absolute Gasteiger partial charge is 0.493 e. The predicted molar refractivity (Wildman–Crippen MR) is 95.1 cm³/mol. The van der Waals surface area contributed by atoms with E-state index in [2.05, 4.69) is 48.5 Å². The molecule has 0 amide bonds. The molecule has 0 unspecified atom stereocenters. The molecule has 23 heavy (non-hydrogen) atoms. The Bertz CT molecular complexity index is 805. The fraction of sp³-hybridized carbons (Fsp3) is 0.350. The molecule has 0 aliphatic rings. The van der Waals surface area contributed by atoms with Crippen molar-refractivity contribution in [3.8, 4) is 5.75 Å². The third kappa shape index (κ3) is 3.55. The van der Waals surface area contributed by atoms with E-state index in [4.69, 9.17) is 4.74 Å². The van der Waals surface area contributed by atoms with Crippen LogP contribution in [0.15, 0.2) is 42.7 Å². The molecule has 3 nitrogen and oxygen atoms in total. The summed E-state index contributed by atoms with van der Waals surface area (Å²) in [5.74, 6) is 0.992. The molecular formula is C20H24N2O. The van der Waals surface area contributed by atoms with Crippen molar-refractivity contribution in [3.63, 3.8) is 0 Å². The zero-order valence-electron chi connectivity index (χ0n) is 14.2. The van der Waals surface area contributed by atoms with Gasteiger partial charge >= 0.3 is 0 Å². The fourth-order valence-electron chi connectivity index (χ4n) is 2.78. The molecule has 3 aromatic rings. The van der Waals surface area contributed by atoms with Crippen LogP contribution in [0.3, 0.4) is 0 Å². The molecule has 0 radical (unpaired) electrons. The molecule has 0 aliphatic heterocycles. The summed E-state index contributed by atoms with van der Waals surface area (Å²) < 4.78 is 8.10. The lowest BCUT2D eigenvalue weighted by Crippen LogP contribution is -2.02. The van der Waals surface area contributed by atoms with Crippen molar-refractivity contribution < 1.29 is 4.74 Å². The van der Waals surface area contributed by atoms with Crippen LogP contribution in [0.4, 0.5) is 0 Å². The molecular weight excluding hydrogens is 284 g/mol. The molecule has 2 aromatic carbocycles. The first-order valence-corrected chi connectivity index (χ1v) is 8.25. The molecule has 0 fully saturated rings. The number of imidazole rings is 1. The topological polar surface area (TPSA) is 27.1 Å². The number of aryl methyl sites for hydroxylation is 4. The average Bonchev–Trinajstić information content (AvgIpc) is 2.91. The standard InChI is InChI=1S/C20H24N2O/c1-15-8-4-5-9-20(15)23-11-7-6-10-22-14-21-18-12-16(2)17(3)13-19(18)22/h4-5,8-9,12-14H,6-7,10-11H2,1-3H3. The van der Waals surface area contributed by atoms with Crippen LogP contribution < -0.4 is 4.74 Å². The van der Waals surface area contributed by atoms with Crippen molar-refractivity contribution in [2.24, 2.45) is 0 Å². The van der Waals surface area contributed by atoms with Crippen molar-refractivity contribution in [2.75, 3.05) is 6.61 Å². The lowest BCUT2D eigenvalue weighted by atomic mass is 10.1. The van der Waals surface area contributed by atoms with E-state index in [0.29, 0.717) is 0 Å². The summed E-state index contributed by atoms with van der Waals surface area (Å²) >= 11 is 0. The lowest BCUT2D eigenvalue weighted by molar-refractivity contribution is 0.301. The van der Waals surface area contributed by atoms with Gasteiger partial charge in [0, 0.05) is 6.54 Å². The van der Waals surface area contributed by atoms with E-state index in [1.165, 1.54) is 22.2 Å². The van der Waals surface area contributed by atoms with Gasteiger partial charge in [0.15, 0.2) is 0 Å². The van der Waals surface area contributed by atoms with Crippen LogP contribution in [0.25, 0.3) is 11.0 Å². The molecule has 3 heteroatoms. The number of nitrogens with zero attached hydrogens (tertiary/aromatic N) is 2. The van der Waals surface area contributed by atoms with Crippen molar-refractivity contribution in [1.29, 1.82) is 0 Å². The Balaban J connectivity index is 1.53. The highest BCUT2D eigenvalue weighted by atomic mass is 16.5. The Kier molecular flexibility index (Phi) is 4.65. The van der Waals surface area contributed by atoms with Gasteiger partial charge in [0.25, 0.3) is 0 Å². The van der Waals surface area contributed by atoms with Crippen LogP contribution in [0, 0.1) is 20.8 Å². The number of fused-ring (bicyclic) bond motifs is 1. The third-order valence-electron chi connectivity index (χ3n) is 4.38. The van der Waals surface area contributed by atoms with E-state index in [1.807, 2.05) is 24.5 Å². The lowest BCUT2D eigenvalue weighted by Gasteiger charge is -2.09. The summed E-state index contributed by atoms with van der Waals surface area (Å²) in [6.45, 7) is 8.11. The molecule has 120 valence electrons. The average molecular weight is 308 g/mol. The summed E-state index contributed by atoms with van der Waals surface area (Å²) in [4.78, 5) is 4.51. The van der Waals surface area contributed by atoms with Gasteiger partial charge in [-0.25, -0.2) is 4.98 Å². The maximum Gasteiger partial charge on any atom is 0.122 e. The number of benzene rings is 2. The van der Waals surface area contributed by atoms with E-state index in [0.717, 1.165) is 37.3 Å². The second kappa shape index (κ2) is 6.86. The van der Waals surface area contributed by atoms with E-state index in [1.54, 1.807) is 0 Å². The van der Waals surface area contributed by atoms with Crippen molar-refractivity contribution >= 4 is 11.0 Å². The maximum absolute atomic E-state index is 5.85. The summed E-state index contributed by atoms with van der Waals surface area (Å²) in [5, 5.41) is 0. The van der Waals surface area contributed by atoms with Gasteiger partial charge in [0.05, 0.1) is 24.0 Å². The molecule has 0 atom stereocenters. The van der Waals surface area contributed by atoms with Gasteiger partial charge < -0.3 is 9.30 Å². The van der Waals surface area contributed by atoms with Crippen LogP contribution in [0.1, 0.15) is 29.5 Å². The first-order valence-electron chi connectivity index (χ1n) is 8.25. The number of ether oxygens (including phenoxy) is 1. The molecule has 0 saturated carbocycles. The van der Waals surface area contributed by atoms with Crippen molar-refractivity contribution in [1.82, 2.24) is 9.55 Å². The van der Waals surface area contributed by atoms with E-state index in [9.17, 15) is 0 Å². The van der Waals surface area contributed by atoms with E-state index >= 15 is 0 Å². The van der Waals surface area contributed by atoms with Gasteiger partial charge in [0.2, 0.25) is 0 Å². The summed E-state index contributed by atoms with van der Waals surface area (Å²) in [6.07, 6.45) is 4.08. The highest BCUT2D eigenvalue weighted by Crippen LogP contribution is 2.19. The molecule has 0 N–H and O–H groups in total. The van der Waals surface area contributed by atoms with Crippen molar-refractivity contribution in [2.45, 2.75) is 40.2 Å². The number of aromatic nitrogens is 2. The maximum atomic E-state index is 5.85. The molecule has 0 aliphatic carbocycles. The zero-order chi connectivity index (χ0) is 16.2. The second-order valence-corrected chi connectivity index (χ2v) is 6.18. The zero-order valence-corrected chi connectivity index (χ0v) is 14.2. The highest BCUT2D eigenvalue weighted by molar-refractivity contribution is 5.77. The van der Waals surface area contributed by atoms with Gasteiger partial charge in [-0.15, -0.1) is 0 Å². The van der Waals surface area contributed by atoms with Crippen LogP contribution in [-0.4, -0.2) is 16.2 Å². The highest BCUT2D eigenvalue weighted by Gasteiger charge is 2.05. The number of rotatable bonds is 6. The number of unbranched alkanes of at least 4 members (excludes halogenated alkanes) is 1. The molecule has 0 spiro atoms. The summed E-state index contributed by atoms with van der Waals surface area (Å²) in [6, 6.07) is 12.6. The Morgan fingerprint density at radius 3 is 2.57 bits per heavy atom. The van der Waals surface area contributed by atoms with Gasteiger partial charge in [-0.3, -0.25) is 0 Å². The number of hydrogen-bond acceptors (Lipinski definition) is 2. The smallest absolute Gasteiger partial charge is 0.122 e. The van der Waals surface area contributed by atoms with Crippen LogP contribution in [0.5, 0.6) is 5.75 Å². The van der Waals surface area contributed by atoms with Crippen molar-refractivity contribution in [3.05, 3.63) is 59.4 Å². The van der Waals surface area contributed by atoms with Crippen LogP contribution in [-0.2, 0) is 6.54 Å². The normalized spacial score (nSPS) is 11.1. The first kappa shape index (κ1) is 15.6. The van der Waals surface area contributed by atoms with Gasteiger partial charge in [-0.1, -0.05) is 18.2 Å². The summed E-state index contributed by atoms with van der Waals surface area (Å²) in [7, 11) is 0. The van der Waals surface area contributed by atoms with Gasteiger partial charge in [-0.2, -0.15) is 0 Å². The second-order valence-electron chi connectivity index (χ2n) is 6.18. The van der Waals surface area contributed by atoms with Gasteiger partial charge in [0.1, 0.15) is 5.75 Å². The Morgan fingerprint density at radius 2 is 1.74 bits per heavy atom. The van der Waals surface area contributed by atoms with Crippen LogP contribution >= 0.6 is 0 Å². The van der Waals surface area contributed by atoms with Gasteiger partial charge in [-0.05, 0) is 68.5 Å². The SMILES string of the molecule is Cc1cc2ncn(CCCCOc3ccccc3C)c2cc1C. The Labute approximate surface area is 137 Å². The minimum atomic E-state index is 0.760. The quantitative estimate of drug-likeness (QED) is 0.610. The summed E-state index contributed by atoms with van der Waals surface area (Å²) in [5.41, 5.74) is 6.13. The molecule has 1 heterocycles.